The topological polar surface area (TPSA) is 12.5 Å². The fourth-order valence-corrected chi connectivity index (χ4v) is 1.64. The summed E-state index contributed by atoms with van der Waals surface area (Å²) in [6, 6.07) is 0. The minimum Gasteiger partial charge on any atom is -0.385 e. The van der Waals surface area contributed by atoms with Crippen LogP contribution in [0.15, 0.2) is 12.3 Å². The molecule has 2 heteroatoms. The van der Waals surface area contributed by atoms with Crippen molar-refractivity contribution < 1.29 is 4.74 Å². The lowest BCUT2D eigenvalue weighted by Crippen LogP contribution is -2.24. The van der Waals surface area contributed by atoms with E-state index in [0.29, 0.717) is 0 Å². The van der Waals surface area contributed by atoms with Gasteiger partial charge in [0.25, 0.3) is 0 Å². The predicted molar refractivity (Wildman–Crippen MR) is 55.7 cm³/mol. The highest BCUT2D eigenvalue weighted by Crippen LogP contribution is 2.08. The third kappa shape index (κ3) is 4.94. The second kappa shape index (κ2) is 6.96. The number of rotatable bonds is 5. The fourth-order valence-electron chi connectivity index (χ4n) is 1.64. The lowest BCUT2D eigenvalue weighted by Gasteiger charge is -2.24. The molecule has 1 aliphatic heterocycles. The van der Waals surface area contributed by atoms with Crippen LogP contribution in [-0.4, -0.2) is 31.7 Å². The molecule has 1 aliphatic rings. The van der Waals surface area contributed by atoms with Gasteiger partial charge in [0, 0.05) is 26.8 Å². The van der Waals surface area contributed by atoms with E-state index in [0.717, 1.165) is 19.4 Å². The van der Waals surface area contributed by atoms with Gasteiger partial charge in [-0.25, -0.2) is 0 Å². The molecule has 0 radical (unpaired) electrons. The Bertz CT molecular complexity index is 139. The van der Waals surface area contributed by atoms with Crippen LogP contribution >= 0.6 is 0 Å². The molecule has 0 unspecified atom stereocenters. The summed E-state index contributed by atoms with van der Waals surface area (Å²) in [5.41, 5.74) is 0. The molecule has 13 heavy (non-hydrogen) atoms. The Morgan fingerprint density at radius 1 is 1.23 bits per heavy atom. The lowest BCUT2D eigenvalue weighted by atomic mass is 10.1. The standard InChI is InChI=1S/C11H21NO/c1-13-11-7-3-6-10-12-8-4-2-5-9-12/h6,10H,2-5,7-9,11H2,1H3. The molecule has 0 aromatic carbocycles. The van der Waals surface area contributed by atoms with E-state index in [9.17, 15) is 0 Å². The Balaban J connectivity index is 2.01. The van der Waals surface area contributed by atoms with Gasteiger partial charge < -0.3 is 9.64 Å². The second-order valence-corrected chi connectivity index (χ2v) is 3.62. The van der Waals surface area contributed by atoms with E-state index in [1.165, 1.54) is 32.4 Å². The smallest absolute Gasteiger partial charge is 0.0465 e. The van der Waals surface area contributed by atoms with E-state index in [1.54, 1.807) is 7.11 Å². The van der Waals surface area contributed by atoms with Crippen molar-refractivity contribution in [3.8, 4) is 0 Å². The van der Waals surface area contributed by atoms with E-state index < -0.39 is 0 Å². The molecule has 0 spiro atoms. The van der Waals surface area contributed by atoms with Crippen molar-refractivity contribution in [2.75, 3.05) is 26.8 Å². The minimum absolute atomic E-state index is 0.879. The largest absolute Gasteiger partial charge is 0.385 e. The van der Waals surface area contributed by atoms with Crippen molar-refractivity contribution in [1.82, 2.24) is 4.90 Å². The summed E-state index contributed by atoms with van der Waals surface area (Å²) in [5, 5.41) is 0. The van der Waals surface area contributed by atoms with Crippen LogP contribution in [-0.2, 0) is 4.74 Å². The van der Waals surface area contributed by atoms with Crippen LogP contribution < -0.4 is 0 Å². The van der Waals surface area contributed by atoms with Crippen molar-refractivity contribution in [2.45, 2.75) is 32.1 Å². The molecule has 0 aliphatic carbocycles. The molecule has 0 bridgehead atoms. The van der Waals surface area contributed by atoms with Gasteiger partial charge in [-0.15, -0.1) is 0 Å². The maximum Gasteiger partial charge on any atom is 0.0465 e. The molecule has 0 amide bonds. The van der Waals surface area contributed by atoms with Gasteiger partial charge in [0.05, 0.1) is 0 Å². The molecule has 0 atom stereocenters. The Hall–Kier alpha value is -0.500. The number of nitrogens with zero attached hydrogens (tertiary/aromatic N) is 1. The molecule has 0 aromatic heterocycles. The number of methoxy groups -OCH3 is 1. The normalized spacial score (nSPS) is 18.4. The molecule has 1 rings (SSSR count). The Morgan fingerprint density at radius 3 is 2.69 bits per heavy atom. The highest BCUT2D eigenvalue weighted by Gasteiger charge is 2.04. The number of allylic oxidation sites excluding steroid dienone is 1. The number of piperidine rings is 1. The first-order valence-corrected chi connectivity index (χ1v) is 5.33. The Morgan fingerprint density at radius 2 is 2.00 bits per heavy atom. The number of unbranched alkanes of at least 4 members (excludes halogenated alkanes) is 1. The third-order valence-corrected chi connectivity index (χ3v) is 2.43. The first-order chi connectivity index (χ1) is 6.43. The molecule has 0 saturated carbocycles. The van der Waals surface area contributed by atoms with E-state index >= 15 is 0 Å². The molecule has 1 saturated heterocycles. The van der Waals surface area contributed by atoms with Gasteiger partial charge in [-0.05, 0) is 38.3 Å². The molecule has 76 valence electrons. The van der Waals surface area contributed by atoms with Crippen LogP contribution in [0.25, 0.3) is 0 Å². The first-order valence-electron chi connectivity index (χ1n) is 5.33. The highest BCUT2D eigenvalue weighted by atomic mass is 16.5. The lowest BCUT2D eigenvalue weighted by molar-refractivity contribution is 0.195. The van der Waals surface area contributed by atoms with Crippen molar-refractivity contribution >= 4 is 0 Å². The minimum atomic E-state index is 0.879. The third-order valence-electron chi connectivity index (χ3n) is 2.43. The number of hydrogen-bond acceptors (Lipinski definition) is 2. The zero-order chi connectivity index (χ0) is 9.36. The summed E-state index contributed by atoms with van der Waals surface area (Å²) < 4.78 is 4.99. The molecular formula is C11H21NO. The molecule has 1 heterocycles. The summed E-state index contributed by atoms with van der Waals surface area (Å²) in [4.78, 5) is 2.43. The predicted octanol–water partition coefficient (Wildman–Crippen LogP) is 2.41. The average Bonchev–Trinajstić information content (AvgIpc) is 2.19. The Labute approximate surface area is 81.6 Å². The average molecular weight is 183 g/mol. The first kappa shape index (κ1) is 10.6. The van der Waals surface area contributed by atoms with Gasteiger partial charge in [0.1, 0.15) is 0 Å². The summed E-state index contributed by atoms with van der Waals surface area (Å²) in [6.07, 6.45) is 10.9. The van der Waals surface area contributed by atoms with Crippen molar-refractivity contribution in [2.24, 2.45) is 0 Å². The van der Waals surface area contributed by atoms with Gasteiger partial charge in [-0.2, -0.15) is 0 Å². The van der Waals surface area contributed by atoms with E-state index in [4.69, 9.17) is 4.74 Å². The summed E-state index contributed by atoms with van der Waals surface area (Å²) in [6.45, 7) is 3.38. The quantitative estimate of drug-likeness (QED) is 0.607. The van der Waals surface area contributed by atoms with Gasteiger partial charge in [0.15, 0.2) is 0 Å². The van der Waals surface area contributed by atoms with Crippen molar-refractivity contribution in [1.29, 1.82) is 0 Å². The van der Waals surface area contributed by atoms with Crippen molar-refractivity contribution in [3.63, 3.8) is 0 Å². The van der Waals surface area contributed by atoms with E-state index in [1.807, 2.05) is 0 Å². The summed E-state index contributed by atoms with van der Waals surface area (Å²) >= 11 is 0. The highest BCUT2D eigenvalue weighted by molar-refractivity contribution is 4.83. The summed E-state index contributed by atoms with van der Waals surface area (Å²) in [5.74, 6) is 0. The molecule has 0 aromatic rings. The van der Waals surface area contributed by atoms with Gasteiger partial charge in [-0.3, -0.25) is 0 Å². The van der Waals surface area contributed by atoms with Crippen LogP contribution in [0.4, 0.5) is 0 Å². The van der Waals surface area contributed by atoms with Crippen LogP contribution in [0, 0.1) is 0 Å². The number of ether oxygens (including phenoxy) is 1. The van der Waals surface area contributed by atoms with E-state index in [-0.39, 0.29) is 0 Å². The van der Waals surface area contributed by atoms with Gasteiger partial charge >= 0.3 is 0 Å². The Kier molecular flexibility index (Phi) is 5.66. The molecule has 1 fully saturated rings. The van der Waals surface area contributed by atoms with Crippen LogP contribution in [0.3, 0.4) is 0 Å². The van der Waals surface area contributed by atoms with E-state index in [2.05, 4.69) is 17.2 Å². The van der Waals surface area contributed by atoms with Crippen LogP contribution in [0.5, 0.6) is 0 Å². The second-order valence-electron chi connectivity index (χ2n) is 3.62. The fraction of sp³-hybridized carbons (Fsp3) is 0.818. The maximum absolute atomic E-state index is 4.99. The maximum atomic E-state index is 4.99. The zero-order valence-electron chi connectivity index (χ0n) is 8.67. The van der Waals surface area contributed by atoms with Crippen molar-refractivity contribution in [3.05, 3.63) is 12.3 Å². The molecule has 0 N–H and O–H groups in total. The molecule has 2 nitrogen and oxygen atoms in total. The van der Waals surface area contributed by atoms with Crippen LogP contribution in [0.2, 0.25) is 0 Å². The summed E-state index contributed by atoms with van der Waals surface area (Å²) in [7, 11) is 1.76. The number of likely N-dealkylation sites (tertiary alicyclic amines) is 1. The van der Waals surface area contributed by atoms with Crippen LogP contribution in [0.1, 0.15) is 32.1 Å². The zero-order valence-corrected chi connectivity index (χ0v) is 8.67. The molecular weight excluding hydrogens is 162 g/mol. The van der Waals surface area contributed by atoms with Gasteiger partial charge in [-0.1, -0.05) is 6.08 Å². The number of hydrogen-bond donors (Lipinski definition) is 0. The van der Waals surface area contributed by atoms with Gasteiger partial charge in [0.2, 0.25) is 0 Å². The SMILES string of the molecule is COCCCC=CN1CCCCC1. The monoisotopic (exact) mass is 183 g/mol.